The van der Waals surface area contributed by atoms with Crippen molar-refractivity contribution in [2.75, 3.05) is 12.4 Å². The van der Waals surface area contributed by atoms with Crippen molar-refractivity contribution in [3.63, 3.8) is 0 Å². The molecule has 0 aromatic carbocycles. The lowest BCUT2D eigenvalue weighted by molar-refractivity contribution is 0.0909. The minimum Gasteiger partial charge on any atom is -0.396 e. The van der Waals surface area contributed by atoms with Crippen LogP contribution < -0.4 is 5.73 Å². The Morgan fingerprint density at radius 3 is 2.70 bits per heavy atom. The zero-order valence-electron chi connectivity index (χ0n) is 11.4. The second kappa shape index (κ2) is 6.09. The normalized spacial score (nSPS) is 17.1. The van der Waals surface area contributed by atoms with Crippen molar-refractivity contribution in [1.82, 2.24) is 0 Å². The summed E-state index contributed by atoms with van der Waals surface area (Å²) in [4.78, 5) is 23.6. The number of aliphatic hydroxyl groups excluding tert-OH is 1. The first-order valence-electron chi connectivity index (χ1n) is 6.24. The third-order valence-corrected chi connectivity index (χ3v) is 6.44. The maximum Gasteiger partial charge on any atom is 0.282 e. The highest BCUT2D eigenvalue weighted by molar-refractivity contribution is 8.15. The number of hydrogen-bond donors (Lipinski definition) is 2. The molecule has 1 aromatic rings. The molecule has 4 nitrogen and oxygen atoms in total. The number of ketones is 1. The molecule has 0 unspecified atom stereocenters. The molecule has 1 aliphatic carbocycles. The zero-order valence-corrected chi connectivity index (χ0v) is 13.8. The second-order valence-electron chi connectivity index (χ2n) is 5.46. The Kier molecular flexibility index (Phi) is 4.84. The number of amides is 1. The maximum atomic E-state index is 12.4. The summed E-state index contributed by atoms with van der Waals surface area (Å²) >= 11 is 3.91. The van der Waals surface area contributed by atoms with Crippen LogP contribution in [0.15, 0.2) is 8.42 Å². The van der Waals surface area contributed by atoms with Gasteiger partial charge in [0.25, 0.3) is 5.24 Å². The minimum atomic E-state index is -0.455. The summed E-state index contributed by atoms with van der Waals surface area (Å²) in [6, 6.07) is 0. The van der Waals surface area contributed by atoms with E-state index < -0.39 is 5.24 Å². The number of nitrogens with two attached hydrogens (primary N) is 1. The number of fused-ring (bicyclic) bond motifs is 1. The van der Waals surface area contributed by atoms with Crippen molar-refractivity contribution in [3.05, 3.63) is 11.1 Å². The highest BCUT2D eigenvalue weighted by Gasteiger charge is 2.36. The Balaban J connectivity index is 2.45. The Bertz CT molecular complexity index is 551. The number of primary amides is 1. The predicted molar refractivity (Wildman–Crippen MR) is 84.0 cm³/mol. The summed E-state index contributed by atoms with van der Waals surface area (Å²) in [5.74, 6) is 0.675. The summed E-state index contributed by atoms with van der Waals surface area (Å²) in [5, 5.41) is 8.50. The third-order valence-electron chi connectivity index (χ3n) is 3.03. The SMILES string of the molecule is CC1(C)CC(=O)c2c(SCCO)sc(SC(N)=O)c2C1. The van der Waals surface area contributed by atoms with E-state index in [1.807, 2.05) is 0 Å². The summed E-state index contributed by atoms with van der Waals surface area (Å²) in [6.45, 7) is 4.19. The van der Waals surface area contributed by atoms with Gasteiger partial charge in [-0.15, -0.1) is 23.1 Å². The topological polar surface area (TPSA) is 80.4 Å². The summed E-state index contributed by atoms with van der Waals surface area (Å²) in [6.07, 6.45) is 1.30. The van der Waals surface area contributed by atoms with Crippen LogP contribution in [0.4, 0.5) is 4.79 Å². The fourth-order valence-corrected chi connectivity index (χ4v) is 5.84. The molecular formula is C13H17NO3S3. The molecule has 1 amide bonds. The number of thiophene rings is 1. The van der Waals surface area contributed by atoms with Gasteiger partial charge in [0.05, 0.1) is 15.0 Å². The summed E-state index contributed by atoms with van der Waals surface area (Å²) in [5.41, 5.74) is 6.89. The van der Waals surface area contributed by atoms with Crippen molar-refractivity contribution in [1.29, 1.82) is 0 Å². The number of carbonyl (C=O) groups is 2. The quantitative estimate of drug-likeness (QED) is 0.828. The first-order chi connectivity index (χ1) is 9.34. The van der Waals surface area contributed by atoms with E-state index in [9.17, 15) is 9.59 Å². The van der Waals surface area contributed by atoms with Crippen LogP contribution in [0.5, 0.6) is 0 Å². The number of rotatable bonds is 4. The van der Waals surface area contributed by atoms with E-state index in [0.29, 0.717) is 12.2 Å². The average Bonchev–Trinajstić information content (AvgIpc) is 2.62. The van der Waals surface area contributed by atoms with Crippen LogP contribution in [0.25, 0.3) is 0 Å². The maximum absolute atomic E-state index is 12.4. The molecule has 2 rings (SSSR count). The lowest BCUT2D eigenvalue weighted by Crippen LogP contribution is -2.26. The zero-order chi connectivity index (χ0) is 14.9. The number of hydrogen-bond acceptors (Lipinski definition) is 6. The summed E-state index contributed by atoms with van der Waals surface area (Å²) < 4.78 is 1.73. The Labute approximate surface area is 130 Å². The van der Waals surface area contributed by atoms with Gasteiger partial charge in [-0.25, -0.2) is 0 Å². The molecule has 0 saturated heterocycles. The largest absolute Gasteiger partial charge is 0.396 e. The smallest absolute Gasteiger partial charge is 0.282 e. The van der Waals surface area contributed by atoms with Crippen LogP contribution in [0.2, 0.25) is 0 Å². The number of Topliss-reactive ketones (excluding diaryl/α,β-unsaturated/α-hetero) is 1. The van der Waals surface area contributed by atoms with Gasteiger partial charge in [0, 0.05) is 17.7 Å². The molecule has 110 valence electrons. The number of thioether (sulfide) groups is 2. The predicted octanol–water partition coefficient (Wildman–Crippen LogP) is 3.16. The van der Waals surface area contributed by atoms with Crippen LogP contribution in [-0.4, -0.2) is 28.5 Å². The van der Waals surface area contributed by atoms with Crippen molar-refractivity contribution in [2.45, 2.75) is 35.1 Å². The van der Waals surface area contributed by atoms with Gasteiger partial charge in [-0.1, -0.05) is 13.8 Å². The number of aliphatic hydroxyl groups is 1. The Morgan fingerprint density at radius 2 is 2.10 bits per heavy atom. The molecule has 1 heterocycles. The van der Waals surface area contributed by atoms with Gasteiger partial charge in [0.15, 0.2) is 5.78 Å². The molecule has 1 aromatic heterocycles. The van der Waals surface area contributed by atoms with Gasteiger partial charge >= 0.3 is 0 Å². The van der Waals surface area contributed by atoms with Crippen LogP contribution in [-0.2, 0) is 6.42 Å². The van der Waals surface area contributed by atoms with Crippen LogP contribution in [0.1, 0.15) is 36.2 Å². The lowest BCUT2D eigenvalue weighted by atomic mass is 9.75. The van der Waals surface area contributed by atoms with E-state index in [1.165, 1.54) is 23.1 Å². The van der Waals surface area contributed by atoms with Crippen molar-refractivity contribution in [2.24, 2.45) is 11.1 Å². The fraction of sp³-hybridized carbons (Fsp3) is 0.538. The molecule has 0 spiro atoms. The molecule has 0 atom stereocenters. The van der Waals surface area contributed by atoms with Gasteiger partial charge in [0.1, 0.15) is 0 Å². The molecule has 3 N–H and O–H groups in total. The van der Waals surface area contributed by atoms with Gasteiger partial charge in [-0.05, 0) is 29.2 Å². The fourth-order valence-electron chi connectivity index (χ4n) is 2.34. The Hall–Kier alpha value is -0.500. The van der Waals surface area contributed by atoms with Gasteiger partial charge < -0.3 is 10.8 Å². The molecule has 0 fully saturated rings. The van der Waals surface area contributed by atoms with Gasteiger partial charge in [-0.3, -0.25) is 9.59 Å². The average molecular weight is 331 g/mol. The molecule has 7 heteroatoms. The van der Waals surface area contributed by atoms with E-state index >= 15 is 0 Å². The molecule has 1 aliphatic rings. The molecule has 0 aliphatic heterocycles. The monoisotopic (exact) mass is 331 g/mol. The van der Waals surface area contributed by atoms with E-state index in [1.54, 1.807) is 0 Å². The molecular weight excluding hydrogens is 314 g/mol. The second-order valence-corrected chi connectivity index (χ2v) is 9.12. The van der Waals surface area contributed by atoms with E-state index in [4.69, 9.17) is 10.8 Å². The lowest BCUT2D eigenvalue weighted by Gasteiger charge is -2.29. The van der Waals surface area contributed by atoms with Crippen LogP contribution in [0, 0.1) is 5.41 Å². The van der Waals surface area contributed by atoms with E-state index in [0.717, 1.165) is 37.7 Å². The number of carbonyl (C=O) groups excluding carboxylic acids is 2. The van der Waals surface area contributed by atoms with Gasteiger partial charge in [-0.2, -0.15) is 0 Å². The first-order valence-corrected chi connectivity index (χ1v) is 8.86. The minimum absolute atomic E-state index is 0.0648. The Morgan fingerprint density at radius 1 is 1.40 bits per heavy atom. The first kappa shape index (κ1) is 15.9. The highest BCUT2D eigenvalue weighted by Crippen LogP contribution is 2.48. The molecule has 0 bridgehead atoms. The molecule has 20 heavy (non-hydrogen) atoms. The highest BCUT2D eigenvalue weighted by atomic mass is 32.2. The third kappa shape index (κ3) is 3.39. The molecule has 0 radical (unpaired) electrons. The van der Waals surface area contributed by atoms with E-state index in [-0.39, 0.29) is 17.8 Å². The van der Waals surface area contributed by atoms with Crippen molar-refractivity contribution >= 4 is 45.9 Å². The molecule has 0 saturated carbocycles. The van der Waals surface area contributed by atoms with Gasteiger partial charge in [0.2, 0.25) is 0 Å². The standard InChI is InChI=1S/C13H17NO3S3/c1-13(2)5-7-9(8(16)6-13)11(18-4-3-15)19-10(7)20-12(14)17/h15H,3-6H2,1-2H3,(H2,14,17). The van der Waals surface area contributed by atoms with Crippen LogP contribution >= 0.6 is 34.9 Å². The van der Waals surface area contributed by atoms with E-state index in [2.05, 4.69) is 13.8 Å². The van der Waals surface area contributed by atoms with Crippen molar-refractivity contribution < 1.29 is 14.7 Å². The summed E-state index contributed by atoms with van der Waals surface area (Å²) in [7, 11) is 0. The van der Waals surface area contributed by atoms with Crippen LogP contribution in [0.3, 0.4) is 0 Å². The van der Waals surface area contributed by atoms with Crippen molar-refractivity contribution in [3.8, 4) is 0 Å².